The maximum absolute atomic E-state index is 11.3. The number of rotatable bonds is 21. The monoisotopic (exact) mass is 488 g/mol. The van der Waals surface area contributed by atoms with Crippen LogP contribution in [0.25, 0.3) is 0 Å². The number of ether oxygens (including phenoxy) is 1. The highest BCUT2D eigenvalue weighted by molar-refractivity contribution is 8.04. The summed E-state index contributed by atoms with van der Waals surface area (Å²) in [5.41, 5.74) is 0. The van der Waals surface area contributed by atoms with E-state index in [1.54, 1.807) is 6.92 Å². The van der Waals surface area contributed by atoms with Crippen molar-refractivity contribution in [2.45, 2.75) is 127 Å². The van der Waals surface area contributed by atoms with E-state index in [9.17, 15) is 21.9 Å². The van der Waals surface area contributed by atoms with E-state index in [0.717, 1.165) is 19.3 Å². The smallest absolute Gasteiger partial charge is 0.287 e. The summed E-state index contributed by atoms with van der Waals surface area (Å²) in [4.78, 5) is 0. The van der Waals surface area contributed by atoms with E-state index in [2.05, 4.69) is 6.92 Å². The standard InChI is InChI=1S/C21H44O8S2/c1-3-4-5-6-7-8-9-10-11-12-13-14-15-16-17-19(2)29-20(18-22)21(30(23,24)25)31(26,27)28/h19-22H,3-18H2,1-2H3,(H,23,24,25)(H,26,27,28). The van der Waals surface area contributed by atoms with Gasteiger partial charge in [-0.25, -0.2) is 0 Å². The van der Waals surface area contributed by atoms with Crippen molar-refractivity contribution >= 4 is 20.2 Å². The minimum atomic E-state index is -5.15. The molecule has 8 nitrogen and oxygen atoms in total. The van der Waals surface area contributed by atoms with Gasteiger partial charge < -0.3 is 9.84 Å². The first-order chi connectivity index (χ1) is 14.5. The third kappa shape index (κ3) is 16.1. The van der Waals surface area contributed by atoms with Crippen molar-refractivity contribution in [1.29, 1.82) is 0 Å². The zero-order valence-electron chi connectivity index (χ0n) is 19.2. The molecule has 2 unspecified atom stereocenters. The Labute approximate surface area is 189 Å². The Hall–Kier alpha value is -0.260. The first-order valence-electron chi connectivity index (χ1n) is 11.7. The molecular formula is C21H44O8S2. The molecule has 188 valence electrons. The second-order valence-electron chi connectivity index (χ2n) is 8.45. The number of aliphatic hydroxyl groups is 1. The van der Waals surface area contributed by atoms with Gasteiger partial charge in [0.15, 0.2) is 0 Å². The van der Waals surface area contributed by atoms with Gasteiger partial charge in [0.25, 0.3) is 20.2 Å². The van der Waals surface area contributed by atoms with Gasteiger partial charge in [0.2, 0.25) is 4.58 Å². The Morgan fingerprint density at radius 2 is 1.03 bits per heavy atom. The molecular weight excluding hydrogens is 444 g/mol. The highest BCUT2D eigenvalue weighted by atomic mass is 32.3. The summed E-state index contributed by atoms with van der Waals surface area (Å²) in [6, 6.07) is 0. The van der Waals surface area contributed by atoms with Crippen LogP contribution in [-0.2, 0) is 25.0 Å². The maximum atomic E-state index is 11.3. The first kappa shape index (κ1) is 30.7. The Balaban J connectivity index is 3.89. The van der Waals surface area contributed by atoms with E-state index in [1.807, 2.05) is 0 Å². The lowest BCUT2D eigenvalue weighted by Crippen LogP contribution is -2.45. The lowest BCUT2D eigenvalue weighted by Gasteiger charge is -2.24. The number of unbranched alkanes of at least 4 members (excludes halogenated alkanes) is 13. The summed E-state index contributed by atoms with van der Waals surface area (Å²) in [7, 11) is -10.3. The summed E-state index contributed by atoms with van der Waals surface area (Å²) in [5, 5.41) is 9.29. The summed E-state index contributed by atoms with van der Waals surface area (Å²) in [6.07, 6.45) is 15.5. The first-order valence-corrected chi connectivity index (χ1v) is 14.7. The molecule has 2 atom stereocenters. The third-order valence-corrected chi connectivity index (χ3v) is 8.68. The second kappa shape index (κ2) is 17.2. The number of hydrogen-bond donors (Lipinski definition) is 3. The molecule has 0 aliphatic rings. The normalized spacial score (nSPS) is 14.8. The summed E-state index contributed by atoms with van der Waals surface area (Å²) < 4.78 is 66.0. The molecule has 3 N–H and O–H groups in total. The molecule has 0 bridgehead atoms. The van der Waals surface area contributed by atoms with Crippen LogP contribution in [-0.4, -0.2) is 54.4 Å². The summed E-state index contributed by atoms with van der Waals surface area (Å²) in [6.45, 7) is 2.90. The molecule has 0 radical (unpaired) electrons. The van der Waals surface area contributed by atoms with Gasteiger partial charge >= 0.3 is 0 Å². The zero-order chi connectivity index (χ0) is 23.8. The topological polar surface area (TPSA) is 138 Å². The van der Waals surface area contributed by atoms with Gasteiger partial charge in [0.05, 0.1) is 12.7 Å². The van der Waals surface area contributed by atoms with Crippen molar-refractivity contribution in [3.8, 4) is 0 Å². The number of aliphatic hydroxyl groups excluding tert-OH is 1. The molecule has 0 saturated carbocycles. The molecule has 0 aliphatic heterocycles. The van der Waals surface area contributed by atoms with Crippen LogP contribution in [0.3, 0.4) is 0 Å². The van der Waals surface area contributed by atoms with Crippen LogP contribution in [0.1, 0.15) is 110 Å². The van der Waals surface area contributed by atoms with Crippen molar-refractivity contribution in [3.63, 3.8) is 0 Å². The lowest BCUT2D eigenvalue weighted by molar-refractivity contribution is -0.0291. The Morgan fingerprint density at radius 3 is 1.35 bits per heavy atom. The average Bonchev–Trinajstić information content (AvgIpc) is 2.65. The van der Waals surface area contributed by atoms with Gasteiger partial charge in [0.1, 0.15) is 6.10 Å². The molecule has 0 spiro atoms. The van der Waals surface area contributed by atoms with Gasteiger partial charge in [0, 0.05) is 0 Å². The van der Waals surface area contributed by atoms with Crippen molar-refractivity contribution in [3.05, 3.63) is 0 Å². The van der Waals surface area contributed by atoms with Crippen LogP contribution in [0.15, 0.2) is 0 Å². The molecule has 10 heteroatoms. The van der Waals surface area contributed by atoms with E-state index in [0.29, 0.717) is 6.42 Å². The van der Waals surface area contributed by atoms with Crippen LogP contribution >= 0.6 is 0 Å². The van der Waals surface area contributed by atoms with Gasteiger partial charge in [-0.2, -0.15) is 16.8 Å². The van der Waals surface area contributed by atoms with Crippen molar-refractivity contribution in [1.82, 2.24) is 0 Å². The fraction of sp³-hybridized carbons (Fsp3) is 1.00. The van der Waals surface area contributed by atoms with Gasteiger partial charge in [-0.05, 0) is 13.3 Å². The van der Waals surface area contributed by atoms with E-state index in [4.69, 9.17) is 13.8 Å². The number of hydrogen-bond acceptors (Lipinski definition) is 6. The molecule has 0 saturated heterocycles. The Bertz CT molecular complexity index is 602. The highest BCUT2D eigenvalue weighted by Crippen LogP contribution is 2.19. The SMILES string of the molecule is CCCCCCCCCCCCCCCCC(C)OC(CO)C(S(=O)(=O)O)S(=O)(=O)O. The largest absolute Gasteiger partial charge is 0.394 e. The average molecular weight is 489 g/mol. The van der Waals surface area contributed by atoms with Gasteiger partial charge in [-0.3, -0.25) is 9.11 Å². The fourth-order valence-electron chi connectivity index (χ4n) is 3.72. The molecule has 0 amide bonds. The van der Waals surface area contributed by atoms with E-state index < -0.39 is 43.6 Å². The van der Waals surface area contributed by atoms with Crippen molar-refractivity contribution < 1.29 is 35.8 Å². The van der Waals surface area contributed by atoms with E-state index in [1.165, 1.54) is 70.6 Å². The zero-order valence-corrected chi connectivity index (χ0v) is 20.9. The van der Waals surface area contributed by atoms with Crippen molar-refractivity contribution in [2.24, 2.45) is 0 Å². The van der Waals surface area contributed by atoms with Crippen LogP contribution in [0.4, 0.5) is 0 Å². The highest BCUT2D eigenvalue weighted by Gasteiger charge is 2.43. The van der Waals surface area contributed by atoms with Crippen molar-refractivity contribution in [2.75, 3.05) is 6.61 Å². The van der Waals surface area contributed by atoms with Gasteiger partial charge in [-0.1, -0.05) is 96.8 Å². The summed E-state index contributed by atoms with van der Waals surface area (Å²) in [5.74, 6) is 0. The molecule has 0 rings (SSSR count). The molecule has 0 heterocycles. The van der Waals surface area contributed by atoms with E-state index >= 15 is 0 Å². The molecule has 0 aromatic heterocycles. The van der Waals surface area contributed by atoms with Crippen LogP contribution < -0.4 is 0 Å². The van der Waals surface area contributed by atoms with Crippen LogP contribution in [0.2, 0.25) is 0 Å². The molecule has 0 aromatic rings. The molecule has 0 aliphatic carbocycles. The lowest BCUT2D eigenvalue weighted by atomic mass is 10.0. The predicted octanol–water partition coefficient (Wildman–Crippen LogP) is 4.73. The predicted molar refractivity (Wildman–Crippen MR) is 123 cm³/mol. The van der Waals surface area contributed by atoms with E-state index in [-0.39, 0.29) is 0 Å². The van der Waals surface area contributed by atoms with Crippen LogP contribution in [0, 0.1) is 0 Å². The maximum Gasteiger partial charge on any atom is 0.287 e. The van der Waals surface area contributed by atoms with Crippen LogP contribution in [0.5, 0.6) is 0 Å². The molecule has 31 heavy (non-hydrogen) atoms. The minimum Gasteiger partial charge on any atom is -0.394 e. The Kier molecular flexibility index (Phi) is 17.1. The second-order valence-corrected chi connectivity index (χ2v) is 11.8. The summed E-state index contributed by atoms with van der Waals surface area (Å²) >= 11 is 0. The fourth-order valence-corrected chi connectivity index (χ4v) is 6.02. The minimum absolute atomic E-state index is 0.527. The molecule has 0 fully saturated rings. The molecule has 0 aromatic carbocycles. The van der Waals surface area contributed by atoms with Gasteiger partial charge in [-0.15, -0.1) is 0 Å². The third-order valence-electron chi connectivity index (χ3n) is 5.44. The Morgan fingerprint density at radius 1 is 0.677 bits per heavy atom. The quantitative estimate of drug-likeness (QED) is 0.156.